The average molecular weight is 380 g/mol. The highest BCUT2D eigenvalue weighted by atomic mass is 32.1. The minimum Gasteiger partial charge on any atom is -0.358 e. The second-order valence-corrected chi connectivity index (χ2v) is 6.72. The number of amides is 1. The van der Waals surface area contributed by atoms with Crippen LogP contribution in [0.2, 0.25) is 0 Å². The number of halogens is 1. The maximum Gasteiger partial charge on any atom is 0.228 e. The lowest BCUT2D eigenvalue weighted by Crippen LogP contribution is -2.15. The smallest absolute Gasteiger partial charge is 0.228 e. The second kappa shape index (κ2) is 6.85. The van der Waals surface area contributed by atoms with E-state index >= 15 is 0 Å². The van der Waals surface area contributed by atoms with Gasteiger partial charge < -0.3 is 15.3 Å². The van der Waals surface area contributed by atoms with Crippen LogP contribution in [0.25, 0.3) is 16.6 Å². The number of carbonyl (C=O) groups is 1. The summed E-state index contributed by atoms with van der Waals surface area (Å²) in [5, 5.41) is 3.64. The maximum absolute atomic E-state index is 13.6. The van der Waals surface area contributed by atoms with Crippen molar-refractivity contribution in [3.8, 4) is 5.69 Å². The minimum atomic E-state index is -0.320. The fourth-order valence-electron chi connectivity index (χ4n) is 3.21. The van der Waals surface area contributed by atoms with E-state index in [1.165, 1.54) is 12.1 Å². The Hall–Kier alpha value is -3.19. The molecule has 1 amide bonds. The van der Waals surface area contributed by atoms with Crippen molar-refractivity contribution < 1.29 is 9.18 Å². The van der Waals surface area contributed by atoms with Crippen LogP contribution in [0.3, 0.4) is 0 Å². The first-order valence-corrected chi connectivity index (χ1v) is 8.85. The van der Waals surface area contributed by atoms with Crippen molar-refractivity contribution in [2.45, 2.75) is 13.3 Å². The molecule has 0 unspecified atom stereocenters. The molecule has 0 saturated carbocycles. The van der Waals surface area contributed by atoms with Crippen LogP contribution >= 0.6 is 12.2 Å². The summed E-state index contributed by atoms with van der Waals surface area (Å²) in [7, 11) is 0. The van der Waals surface area contributed by atoms with Gasteiger partial charge in [-0.25, -0.2) is 4.39 Å². The lowest BCUT2D eigenvalue weighted by molar-refractivity contribution is -0.115. The van der Waals surface area contributed by atoms with Gasteiger partial charge in [0, 0.05) is 40.4 Å². The Bertz CT molecular complexity index is 1200. The van der Waals surface area contributed by atoms with Crippen LogP contribution < -0.4 is 5.32 Å². The van der Waals surface area contributed by atoms with Crippen LogP contribution in [0.4, 0.5) is 10.1 Å². The van der Waals surface area contributed by atoms with Crippen molar-refractivity contribution in [3.63, 3.8) is 0 Å². The molecule has 2 aromatic heterocycles. The molecule has 0 spiro atoms. The van der Waals surface area contributed by atoms with Crippen LogP contribution in [0.15, 0.2) is 54.9 Å². The molecule has 0 atom stereocenters. The summed E-state index contributed by atoms with van der Waals surface area (Å²) in [4.78, 5) is 18.7. The quantitative estimate of drug-likeness (QED) is 0.451. The Kier molecular flexibility index (Phi) is 4.37. The maximum atomic E-state index is 13.6. The monoisotopic (exact) mass is 380 g/mol. The average Bonchev–Trinajstić information content (AvgIpc) is 3.19. The number of anilines is 1. The van der Waals surface area contributed by atoms with Crippen LogP contribution in [0.5, 0.6) is 0 Å². The highest BCUT2D eigenvalue weighted by Gasteiger charge is 2.13. The largest absolute Gasteiger partial charge is 0.358 e. The van der Waals surface area contributed by atoms with E-state index in [-0.39, 0.29) is 18.1 Å². The zero-order chi connectivity index (χ0) is 19.0. The van der Waals surface area contributed by atoms with Gasteiger partial charge in [0.1, 0.15) is 5.82 Å². The highest BCUT2D eigenvalue weighted by molar-refractivity contribution is 7.71. The molecular formula is C20H17FN4OS. The fraction of sp³-hybridized carbons (Fsp3) is 0.100. The highest BCUT2D eigenvalue weighted by Crippen LogP contribution is 2.24. The number of nitrogens with one attached hydrogen (secondary N) is 3. The topological polar surface area (TPSA) is 65.6 Å². The Morgan fingerprint density at radius 2 is 2.11 bits per heavy atom. The first-order chi connectivity index (χ1) is 13.0. The Labute approximate surface area is 159 Å². The van der Waals surface area contributed by atoms with Crippen LogP contribution in [0.1, 0.15) is 11.3 Å². The molecule has 0 fully saturated rings. The van der Waals surface area contributed by atoms with E-state index in [2.05, 4.69) is 15.3 Å². The number of nitrogens with zero attached hydrogens (tertiary/aromatic N) is 1. The number of benzene rings is 2. The molecular weight excluding hydrogens is 363 g/mol. The number of hydrogen-bond acceptors (Lipinski definition) is 2. The summed E-state index contributed by atoms with van der Waals surface area (Å²) < 4.78 is 16.0. The molecule has 0 saturated heterocycles. The molecule has 27 heavy (non-hydrogen) atoms. The molecule has 4 aromatic rings. The summed E-state index contributed by atoms with van der Waals surface area (Å²) >= 11 is 5.23. The lowest BCUT2D eigenvalue weighted by Gasteiger charge is -2.08. The van der Waals surface area contributed by atoms with Crippen molar-refractivity contribution in [3.05, 3.63) is 76.7 Å². The summed E-state index contributed by atoms with van der Waals surface area (Å²) in [6.45, 7) is 1.88. The number of aromatic amines is 2. The van der Waals surface area contributed by atoms with Crippen LogP contribution in [-0.2, 0) is 11.2 Å². The van der Waals surface area contributed by atoms with Gasteiger partial charge >= 0.3 is 0 Å². The van der Waals surface area contributed by atoms with E-state index in [1.807, 2.05) is 42.0 Å². The van der Waals surface area contributed by atoms with Gasteiger partial charge in [-0.15, -0.1) is 0 Å². The zero-order valence-corrected chi connectivity index (χ0v) is 15.4. The molecule has 7 heteroatoms. The van der Waals surface area contributed by atoms with Crippen molar-refractivity contribution >= 4 is 34.7 Å². The Morgan fingerprint density at radius 1 is 1.26 bits per heavy atom. The SMILES string of the molecule is Cc1[nH]c2ccc(F)cc2c1CC(=O)Nc1cccc(-n2cc[nH]c2=S)c1. The van der Waals surface area contributed by atoms with Gasteiger partial charge in [0.05, 0.1) is 6.42 Å². The van der Waals surface area contributed by atoms with E-state index in [9.17, 15) is 9.18 Å². The normalized spacial score (nSPS) is 11.0. The van der Waals surface area contributed by atoms with E-state index in [0.717, 1.165) is 27.8 Å². The molecule has 4 rings (SSSR count). The number of hydrogen-bond donors (Lipinski definition) is 3. The summed E-state index contributed by atoms with van der Waals surface area (Å²) in [6, 6.07) is 12.0. The van der Waals surface area contributed by atoms with Gasteiger partial charge in [-0.3, -0.25) is 9.36 Å². The predicted octanol–water partition coefficient (Wildman–Crippen LogP) is 4.64. The summed E-state index contributed by atoms with van der Waals surface area (Å²) in [5.74, 6) is -0.489. The summed E-state index contributed by atoms with van der Waals surface area (Å²) in [6.07, 6.45) is 3.74. The van der Waals surface area contributed by atoms with Crippen molar-refractivity contribution in [1.82, 2.24) is 14.5 Å². The molecule has 0 radical (unpaired) electrons. The number of fused-ring (bicyclic) bond motifs is 1. The van der Waals surface area contributed by atoms with Gasteiger partial charge in [0.2, 0.25) is 5.91 Å². The third-order valence-corrected chi connectivity index (χ3v) is 4.79. The molecule has 0 aliphatic carbocycles. The molecule has 0 aliphatic rings. The molecule has 0 aliphatic heterocycles. The minimum absolute atomic E-state index is 0.156. The number of imidazole rings is 1. The van der Waals surface area contributed by atoms with Gasteiger partial charge in [-0.1, -0.05) is 6.07 Å². The molecule has 136 valence electrons. The van der Waals surface area contributed by atoms with Gasteiger partial charge in [-0.2, -0.15) is 0 Å². The van der Waals surface area contributed by atoms with E-state index < -0.39 is 0 Å². The number of carbonyl (C=O) groups excluding carboxylic acids is 1. The van der Waals surface area contributed by atoms with E-state index in [4.69, 9.17) is 12.2 Å². The molecule has 2 heterocycles. The molecule has 2 aromatic carbocycles. The third kappa shape index (κ3) is 3.41. The van der Waals surface area contributed by atoms with Crippen molar-refractivity contribution in [2.24, 2.45) is 0 Å². The van der Waals surface area contributed by atoms with E-state index in [1.54, 1.807) is 12.3 Å². The molecule has 3 N–H and O–H groups in total. The zero-order valence-electron chi connectivity index (χ0n) is 14.5. The van der Waals surface area contributed by atoms with Crippen molar-refractivity contribution in [2.75, 3.05) is 5.32 Å². The van der Waals surface area contributed by atoms with Crippen molar-refractivity contribution in [1.29, 1.82) is 0 Å². The standard InChI is InChI=1S/C20H17FN4OS/c1-12-16(17-9-13(21)5-6-18(17)23-12)11-19(26)24-14-3-2-4-15(10-14)25-8-7-22-20(25)27/h2-10,23H,11H2,1H3,(H,22,27)(H,24,26). The molecule has 5 nitrogen and oxygen atoms in total. The second-order valence-electron chi connectivity index (χ2n) is 6.33. The van der Waals surface area contributed by atoms with Gasteiger partial charge in [0.15, 0.2) is 4.77 Å². The van der Waals surface area contributed by atoms with Gasteiger partial charge in [0.25, 0.3) is 0 Å². The fourth-order valence-corrected chi connectivity index (χ4v) is 3.44. The number of rotatable bonds is 4. The van der Waals surface area contributed by atoms with Gasteiger partial charge in [-0.05, 0) is 61.1 Å². The first-order valence-electron chi connectivity index (χ1n) is 8.44. The molecule has 0 bridgehead atoms. The van der Waals surface area contributed by atoms with Crippen LogP contribution in [-0.4, -0.2) is 20.4 Å². The van der Waals surface area contributed by atoms with E-state index in [0.29, 0.717) is 10.5 Å². The van der Waals surface area contributed by atoms with Crippen LogP contribution in [0, 0.1) is 17.5 Å². The lowest BCUT2D eigenvalue weighted by atomic mass is 10.1. The first kappa shape index (κ1) is 17.2. The Morgan fingerprint density at radius 3 is 2.89 bits per heavy atom. The number of aromatic nitrogens is 3. The number of aryl methyl sites for hydroxylation is 1. The number of H-pyrrole nitrogens is 2. The Balaban J connectivity index is 1.57. The third-order valence-electron chi connectivity index (χ3n) is 4.48. The summed E-state index contributed by atoms with van der Waals surface area (Å²) in [5.41, 5.74) is 4.00. The predicted molar refractivity (Wildman–Crippen MR) is 106 cm³/mol.